The predicted octanol–water partition coefficient (Wildman–Crippen LogP) is 2.61. The maximum Gasteiger partial charge on any atom is 0.311 e. The van der Waals surface area contributed by atoms with Gasteiger partial charge in [-0.15, -0.1) is 0 Å². The average Bonchev–Trinajstić information content (AvgIpc) is 2.05. The van der Waals surface area contributed by atoms with Crippen molar-refractivity contribution in [3.8, 4) is 5.75 Å². The Morgan fingerprint density at radius 3 is 2.20 bits per heavy atom. The standard InChI is InChI=1S/C12H16O3/c1-12(2,3)10(11(14)15)8-6-4-5-7-9(8)13/h4-7,10,13H,1-3H3,(H,14,15). The first kappa shape index (κ1) is 11.6. The normalized spacial score (nSPS) is 13.5. The first-order valence-corrected chi connectivity index (χ1v) is 4.84. The highest BCUT2D eigenvalue weighted by atomic mass is 16.4. The van der Waals surface area contributed by atoms with Gasteiger partial charge in [-0.2, -0.15) is 0 Å². The molecule has 1 rings (SSSR count). The summed E-state index contributed by atoms with van der Waals surface area (Å²) in [6.07, 6.45) is 0. The van der Waals surface area contributed by atoms with Gasteiger partial charge in [-0.25, -0.2) is 0 Å². The molecule has 0 bridgehead atoms. The molecular weight excluding hydrogens is 192 g/mol. The van der Waals surface area contributed by atoms with Gasteiger partial charge in [0.1, 0.15) is 5.75 Å². The van der Waals surface area contributed by atoms with Crippen LogP contribution in [0.1, 0.15) is 32.3 Å². The van der Waals surface area contributed by atoms with Crippen LogP contribution in [0.15, 0.2) is 24.3 Å². The third-order valence-corrected chi connectivity index (χ3v) is 2.36. The molecule has 3 nitrogen and oxygen atoms in total. The predicted molar refractivity (Wildman–Crippen MR) is 57.9 cm³/mol. The number of aliphatic carboxylic acids is 1. The van der Waals surface area contributed by atoms with Crippen molar-refractivity contribution >= 4 is 5.97 Å². The fraction of sp³-hybridized carbons (Fsp3) is 0.417. The Balaban J connectivity index is 3.23. The summed E-state index contributed by atoms with van der Waals surface area (Å²) in [5.74, 6) is -1.57. The lowest BCUT2D eigenvalue weighted by atomic mass is 9.76. The van der Waals surface area contributed by atoms with E-state index in [-0.39, 0.29) is 5.75 Å². The molecule has 1 aromatic carbocycles. The second-order valence-electron chi connectivity index (χ2n) is 4.70. The van der Waals surface area contributed by atoms with E-state index in [9.17, 15) is 15.0 Å². The molecule has 0 fully saturated rings. The van der Waals surface area contributed by atoms with Gasteiger partial charge < -0.3 is 10.2 Å². The number of phenolic OH excluding ortho intramolecular Hbond substituents is 1. The molecule has 82 valence electrons. The molecule has 1 atom stereocenters. The highest BCUT2D eigenvalue weighted by Gasteiger charge is 2.34. The summed E-state index contributed by atoms with van der Waals surface area (Å²) in [7, 11) is 0. The molecule has 0 spiro atoms. The maximum absolute atomic E-state index is 11.2. The molecule has 2 N–H and O–H groups in total. The molecule has 0 radical (unpaired) electrons. The van der Waals surface area contributed by atoms with E-state index in [0.717, 1.165) is 0 Å². The average molecular weight is 208 g/mol. The van der Waals surface area contributed by atoms with E-state index < -0.39 is 17.3 Å². The number of carbonyl (C=O) groups is 1. The minimum Gasteiger partial charge on any atom is -0.508 e. The van der Waals surface area contributed by atoms with Crippen molar-refractivity contribution in [2.75, 3.05) is 0 Å². The van der Waals surface area contributed by atoms with E-state index in [1.807, 2.05) is 20.8 Å². The largest absolute Gasteiger partial charge is 0.508 e. The molecule has 0 aromatic heterocycles. The minimum absolute atomic E-state index is 0.0415. The summed E-state index contributed by atoms with van der Waals surface area (Å²) in [5, 5.41) is 18.8. The van der Waals surface area contributed by atoms with Crippen LogP contribution in [-0.2, 0) is 4.79 Å². The summed E-state index contributed by atoms with van der Waals surface area (Å²) >= 11 is 0. The topological polar surface area (TPSA) is 57.5 Å². The quantitative estimate of drug-likeness (QED) is 0.785. The summed E-state index contributed by atoms with van der Waals surface area (Å²) in [4.78, 5) is 11.2. The van der Waals surface area contributed by atoms with Crippen molar-refractivity contribution in [3.05, 3.63) is 29.8 Å². The van der Waals surface area contributed by atoms with Gasteiger partial charge in [0.05, 0.1) is 5.92 Å². The van der Waals surface area contributed by atoms with E-state index in [0.29, 0.717) is 5.56 Å². The molecule has 0 heterocycles. The summed E-state index contributed by atoms with van der Waals surface area (Å²) in [6.45, 7) is 5.54. The van der Waals surface area contributed by atoms with E-state index in [2.05, 4.69) is 0 Å². The second kappa shape index (κ2) is 3.93. The molecule has 0 aliphatic rings. The van der Waals surface area contributed by atoms with Crippen LogP contribution in [0.2, 0.25) is 0 Å². The lowest BCUT2D eigenvalue weighted by molar-refractivity contribution is -0.141. The van der Waals surface area contributed by atoms with Crippen molar-refractivity contribution in [2.45, 2.75) is 26.7 Å². The Morgan fingerprint density at radius 2 is 1.80 bits per heavy atom. The number of carboxylic acid groups (broad SMARTS) is 1. The number of carboxylic acids is 1. The van der Waals surface area contributed by atoms with Gasteiger partial charge in [-0.3, -0.25) is 4.79 Å². The van der Waals surface area contributed by atoms with Crippen LogP contribution >= 0.6 is 0 Å². The van der Waals surface area contributed by atoms with Gasteiger partial charge in [-0.1, -0.05) is 39.0 Å². The molecule has 0 amide bonds. The zero-order valence-corrected chi connectivity index (χ0v) is 9.19. The van der Waals surface area contributed by atoms with Crippen molar-refractivity contribution < 1.29 is 15.0 Å². The first-order valence-electron chi connectivity index (χ1n) is 4.84. The second-order valence-corrected chi connectivity index (χ2v) is 4.70. The van der Waals surface area contributed by atoms with E-state index in [1.54, 1.807) is 18.2 Å². The molecule has 3 heteroatoms. The third kappa shape index (κ3) is 2.49. The number of hydrogen-bond acceptors (Lipinski definition) is 2. The Morgan fingerprint density at radius 1 is 1.27 bits per heavy atom. The molecule has 15 heavy (non-hydrogen) atoms. The summed E-state index contributed by atoms with van der Waals surface area (Å²) in [6, 6.07) is 6.58. The van der Waals surface area contributed by atoms with Crippen LogP contribution in [-0.4, -0.2) is 16.2 Å². The van der Waals surface area contributed by atoms with Crippen molar-refractivity contribution in [1.29, 1.82) is 0 Å². The Bertz CT molecular complexity index is 363. The van der Waals surface area contributed by atoms with E-state index in [1.165, 1.54) is 6.07 Å². The number of hydrogen-bond donors (Lipinski definition) is 2. The summed E-state index contributed by atoms with van der Waals surface area (Å²) in [5.41, 5.74) is 0.0440. The Labute approximate surface area is 89.4 Å². The summed E-state index contributed by atoms with van der Waals surface area (Å²) < 4.78 is 0. The SMILES string of the molecule is CC(C)(C)C(C(=O)O)c1ccccc1O. The zero-order chi connectivity index (χ0) is 11.6. The lowest BCUT2D eigenvalue weighted by Gasteiger charge is -2.27. The highest BCUT2D eigenvalue weighted by Crippen LogP contribution is 2.38. The van der Waals surface area contributed by atoms with Crippen LogP contribution in [0.3, 0.4) is 0 Å². The van der Waals surface area contributed by atoms with Gasteiger partial charge in [0, 0.05) is 5.56 Å². The smallest absolute Gasteiger partial charge is 0.311 e. The van der Waals surface area contributed by atoms with E-state index in [4.69, 9.17) is 0 Å². The van der Waals surface area contributed by atoms with Crippen LogP contribution < -0.4 is 0 Å². The number of para-hydroxylation sites is 1. The van der Waals surface area contributed by atoms with Gasteiger partial charge in [0.2, 0.25) is 0 Å². The molecule has 1 unspecified atom stereocenters. The third-order valence-electron chi connectivity index (χ3n) is 2.36. The zero-order valence-electron chi connectivity index (χ0n) is 9.19. The Kier molecular flexibility index (Phi) is 3.03. The fourth-order valence-corrected chi connectivity index (χ4v) is 1.70. The van der Waals surface area contributed by atoms with Crippen LogP contribution in [0.25, 0.3) is 0 Å². The van der Waals surface area contributed by atoms with Crippen LogP contribution in [0.5, 0.6) is 5.75 Å². The van der Waals surface area contributed by atoms with E-state index >= 15 is 0 Å². The number of rotatable bonds is 2. The number of phenols is 1. The highest BCUT2D eigenvalue weighted by molar-refractivity contribution is 5.78. The molecule has 0 aliphatic heterocycles. The molecule has 0 saturated heterocycles. The fourth-order valence-electron chi connectivity index (χ4n) is 1.70. The monoisotopic (exact) mass is 208 g/mol. The molecule has 0 aliphatic carbocycles. The maximum atomic E-state index is 11.2. The van der Waals surface area contributed by atoms with Gasteiger partial charge in [0.25, 0.3) is 0 Å². The van der Waals surface area contributed by atoms with Crippen LogP contribution in [0.4, 0.5) is 0 Å². The van der Waals surface area contributed by atoms with Gasteiger partial charge >= 0.3 is 5.97 Å². The van der Waals surface area contributed by atoms with Crippen LogP contribution in [0, 0.1) is 5.41 Å². The molecule has 0 saturated carbocycles. The van der Waals surface area contributed by atoms with Crippen molar-refractivity contribution in [3.63, 3.8) is 0 Å². The van der Waals surface area contributed by atoms with Crippen molar-refractivity contribution in [2.24, 2.45) is 5.41 Å². The van der Waals surface area contributed by atoms with Gasteiger partial charge in [0.15, 0.2) is 0 Å². The molecule has 1 aromatic rings. The first-order chi connectivity index (χ1) is 6.84. The number of aromatic hydroxyl groups is 1. The molecular formula is C12H16O3. The number of benzene rings is 1. The lowest BCUT2D eigenvalue weighted by Crippen LogP contribution is -2.26. The Hall–Kier alpha value is -1.51. The minimum atomic E-state index is -0.913. The van der Waals surface area contributed by atoms with Crippen molar-refractivity contribution in [1.82, 2.24) is 0 Å². The van der Waals surface area contributed by atoms with Gasteiger partial charge in [-0.05, 0) is 11.5 Å².